The van der Waals surface area contributed by atoms with E-state index in [1.54, 1.807) is 6.20 Å². The number of amides is 4. The number of likely N-dealkylation sites (tertiary alicyclic amines) is 1. The van der Waals surface area contributed by atoms with E-state index in [4.69, 9.17) is 0 Å². The Morgan fingerprint density at radius 1 is 1.10 bits per heavy atom. The standard InChI is InChI=1S/C24H28N4O3/c29-22(27-15-5-4-10-21(27)19-9-6-14-25-17-19)12-11-20-23(30)28(24(31)26-20)16-13-18-7-2-1-3-8-18/h1-3,6-9,14,17,20-21H,4-5,10-13,15-16H2,(H,26,31). The molecule has 0 spiro atoms. The molecule has 2 saturated heterocycles. The number of aromatic nitrogens is 1. The van der Waals surface area contributed by atoms with E-state index in [-0.39, 0.29) is 30.3 Å². The molecule has 0 radical (unpaired) electrons. The van der Waals surface area contributed by atoms with Gasteiger partial charge < -0.3 is 10.2 Å². The third-order valence-corrected chi connectivity index (χ3v) is 6.11. The van der Waals surface area contributed by atoms with Gasteiger partial charge in [0.2, 0.25) is 5.91 Å². The molecule has 31 heavy (non-hydrogen) atoms. The largest absolute Gasteiger partial charge is 0.336 e. The lowest BCUT2D eigenvalue weighted by atomic mass is 9.95. The second-order valence-corrected chi connectivity index (χ2v) is 8.15. The number of rotatable bonds is 7. The summed E-state index contributed by atoms with van der Waals surface area (Å²) in [5.41, 5.74) is 2.13. The molecule has 0 aliphatic carbocycles. The number of nitrogens with zero attached hydrogens (tertiary/aromatic N) is 3. The van der Waals surface area contributed by atoms with Gasteiger partial charge in [-0.1, -0.05) is 36.4 Å². The first kappa shape index (κ1) is 21.0. The van der Waals surface area contributed by atoms with Crippen LogP contribution >= 0.6 is 0 Å². The minimum absolute atomic E-state index is 0.0262. The van der Waals surface area contributed by atoms with Crippen LogP contribution in [-0.2, 0) is 16.0 Å². The van der Waals surface area contributed by atoms with Crippen LogP contribution in [0.4, 0.5) is 4.79 Å². The Morgan fingerprint density at radius 3 is 2.71 bits per heavy atom. The molecule has 7 heteroatoms. The number of nitrogens with one attached hydrogen (secondary N) is 1. The van der Waals surface area contributed by atoms with E-state index < -0.39 is 6.04 Å². The molecule has 2 atom stereocenters. The van der Waals surface area contributed by atoms with E-state index in [1.165, 1.54) is 4.90 Å². The van der Waals surface area contributed by atoms with Crippen LogP contribution in [0.3, 0.4) is 0 Å². The number of carbonyl (C=O) groups excluding carboxylic acids is 3. The first-order valence-corrected chi connectivity index (χ1v) is 11.0. The fourth-order valence-corrected chi connectivity index (χ4v) is 4.43. The summed E-state index contributed by atoms with van der Waals surface area (Å²) in [7, 11) is 0. The zero-order valence-corrected chi connectivity index (χ0v) is 17.6. The molecule has 2 aliphatic heterocycles. The molecule has 3 heterocycles. The number of benzene rings is 1. The predicted octanol–water partition coefficient (Wildman–Crippen LogP) is 3.08. The van der Waals surface area contributed by atoms with Crippen LogP contribution in [0.2, 0.25) is 0 Å². The Morgan fingerprint density at radius 2 is 1.94 bits per heavy atom. The molecule has 1 aromatic carbocycles. The number of urea groups is 1. The van der Waals surface area contributed by atoms with Crippen LogP contribution in [0.25, 0.3) is 0 Å². The minimum Gasteiger partial charge on any atom is -0.336 e. The first-order chi connectivity index (χ1) is 15.1. The lowest BCUT2D eigenvalue weighted by Gasteiger charge is -2.36. The Kier molecular flexibility index (Phi) is 6.60. The van der Waals surface area contributed by atoms with E-state index in [0.29, 0.717) is 25.9 Å². The summed E-state index contributed by atoms with van der Waals surface area (Å²) in [5, 5.41) is 2.75. The number of hydrogen-bond acceptors (Lipinski definition) is 4. The van der Waals surface area contributed by atoms with Crippen LogP contribution in [-0.4, -0.2) is 51.8 Å². The second-order valence-electron chi connectivity index (χ2n) is 8.15. The van der Waals surface area contributed by atoms with Crippen molar-refractivity contribution < 1.29 is 14.4 Å². The smallest absolute Gasteiger partial charge is 0.324 e. The van der Waals surface area contributed by atoms with Gasteiger partial charge in [-0.25, -0.2) is 4.79 Å². The SMILES string of the molecule is O=C1NC(CCC(=O)N2CCCCC2c2cccnc2)C(=O)N1CCc1ccccc1. The van der Waals surface area contributed by atoms with Crippen LogP contribution in [0.5, 0.6) is 0 Å². The molecule has 162 valence electrons. The fraction of sp³-hybridized carbons (Fsp3) is 0.417. The third-order valence-electron chi connectivity index (χ3n) is 6.11. The number of carbonyl (C=O) groups is 3. The first-order valence-electron chi connectivity index (χ1n) is 11.0. The summed E-state index contributed by atoms with van der Waals surface area (Å²) in [6.07, 6.45) is 7.71. The summed E-state index contributed by atoms with van der Waals surface area (Å²) < 4.78 is 0. The van der Waals surface area contributed by atoms with E-state index >= 15 is 0 Å². The van der Waals surface area contributed by atoms with Crippen LogP contribution in [0.1, 0.15) is 49.3 Å². The van der Waals surface area contributed by atoms with Gasteiger partial charge in [0.15, 0.2) is 0 Å². The molecule has 2 aliphatic rings. The summed E-state index contributed by atoms with van der Waals surface area (Å²) in [5.74, 6) is -0.213. The van der Waals surface area contributed by atoms with Crippen molar-refractivity contribution in [2.24, 2.45) is 0 Å². The molecule has 0 saturated carbocycles. The lowest BCUT2D eigenvalue weighted by molar-refractivity contribution is -0.135. The fourth-order valence-electron chi connectivity index (χ4n) is 4.43. The Hall–Kier alpha value is -3.22. The van der Waals surface area contributed by atoms with Crippen molar-refractivity contribution in [3.63, 3.8) is 0 Å². The highest BCUT2D eigenvalue weighted by atomic mass is 16.2. The molecule has 1 N–H and O–H groups in total. The molecule has 2 unspecified atom stereocenters. The van der Waals surface area contributed by atoms with Crippen molar-refractivity contribution in [2.45, 2.75) is 50.6 Å². The highest BCUT2D eigenvalue weighted by Gasteiger charge is 2.38. The van der Waals surface area contributed by atoms with Gasteiger partial charge in [-0.2, -0.15) is 0 Å². The number of piperidine rings is 1. The highest BCUT2D eigenvalue weighted by Crippen LogP contribution is 2.31. The van der Waals surface area contributed by atoms with E-state index in [0.717, 1.165) is 30.4 Å². The van der Waals surface area contributed by atoms with Gasteiger partial charge in [0.25, 0.3) is 5.91 Å². The maximum absolute atomic E-state index is 13.0. The van der Waals surface area contributed by atoms with Crippen molar-refractivity contribution in [2.75, 3.05) is 13.1 Å². The molecular formula is C24H28N4O3. The Balaban J connectivity index is 1.32. The third kappa shape index (κ3) is 4.93. The quantitative estimate of drug-likeness (QED) is 0.698. The number of imide groups is 1. The van der Waals surface area contributed by atoms with Gasteiger partial charge in [0.05, 0.1) is 6.04 Å². The van der Waals surface area contributed by atoms with Crippen LogP contribution < -0.4 is 5.32 Å². The molecule has 4 rings (SSSR count). The summed E-state index contributed by atoms with van der Waals surface area (Å²) in [6.45, 7) is 1.06. The van der Waals surface area contributed by atoms with Crippen molar-refractivity contribution in [3.05, 3.63) is 66.0 Å². The predicted molar refractivity (Wildman–Crippen MR) is 116 cm³/mol. The van der Waals surface area contributed by atoms with Gasteiger partial charge in [-0.15, -0.1) is 0 Å². The van der Waals surface area contributed by atoms with E-state index in [1.807, 2.05) is 53.6 Å². The average Bonchev–Trinajstić information content (AvgIpc) is 3.09. The van der Waals surface area contributed by atoms with E-state index in [9.17, 15) is 14.4 Å². The van der Waals surface area contributed by atoms with Gasteiger partial charge in [-0.05, 0) is 49.3 Å². The number of hydrogen-bond donors (Lipinski definition) is 1. The average molecular weight is 421 g/mol. The van der Waals surface area contributed by atoms with Crippen LogP contribution in [0, 0.1) is 0 Å². The zero-order chi connectivity index (χ0) is 21.6. The topological polar surface area (TPSA) is 82.6 Å². The van der Waals surface area contributed by atoms with Gasteiger partial charge in [0, 0.05) is 31.9 Å². The summed E-state index contributed by atoms with van der Waals surface area (Å²) in [4.78, 5) is 45.4. The molecule has 1 aromatic heterocycles. The molecule has 4 amide bonds. The monoisotopic (exact) mass is 420 g/mol. The van der Waals surface area contributed by atoms with Crippen molar-refractivity contribution in [1.29, 1.82) is 0 Å². The zero-order valence-electron chi connectivity index (χ0n) is 17.6. The van der Waals surface area contributed by atoms with Gasteiger partial charge >= 0.3 is 6.03 Å². The molecule has 7 nitrogen and oxygen atoms in total. The molecule has 2 aromatic rings. The normalized spacial score (nSPS) is 21.3. The minimum atomic E-state index is -0.631. The Labute approximate surface area is 182 Å². The molecular weight excluding hydrogens is 392 g/mol. The highest BCUT2D eigenvalue weighted by molar-refractivity contribution is 6.04. The van der Waals surface area contributed by atoms with Crippen molar-refractivity contribution >= 4 is 17.8 Å². The van der Waals surface area contributed by atoms with Crippen LogP contribution in [0.15, 0.2) is 54.9 Å². The van der Waals surface area contributed by atoms with E-state index in [2.05, 4.69) is 10.3 Å². The van der Waals surface area contributed by atoms with Gasteiger partial charge in [-0.3, -0.25) is 19.5 Å². The molecule has 2 fully saturated rings. The second kappa shape index (κ2) is 9.73. The Bertz CT molecular complexity index is 919. The summed E-state index contributed by atoms with van der Waals surface area (Å²) >= 11 is 0. The maximum Gasteiger partial charge on any atom is 0.324 e. The van der Waals surface area contributed by atoms with Crippen molar-refractivity contribution in [1.82, 2.24) is 20.1 Å². The van der Waals surface area contributed by atoms with Crippen molar-refractivity contribution in [3.8, 4) is 0 Å². The van der Waals surface area contributed by atoms with Gasteiger partial charge in [0.1, 0.15) is 6.04 Å². The lowest BCUT2D eigenvalue weighted by Crippen LogP contribution is -2.39. The molecule has 0 bridgehead atoms. The maximum atomic E-state index is 13.0. The number of pyridine rings is 1. The summed E-state index contributed by atoms with van der Waals surface area (Å²) in [6, 6.07) is 12.7.